The van der Waals surface area contributed by atoms with Gasteiger partial charge in [-0.2, -0.15) is 0 Å². The molecule has 1 aromatic carbocycles. The largest absolute Gasteiger partial charge is 0.330 e. The van der Waals surface area contributed by atoms with Crippen LogP contribution in [0, 0.1) is 5.92 Å². The minimum Gasteiger partial charge on any atom is -0.330 e. The van der Waals surface area contributed by atoms with Gasteiger partial charge < -0.3 is 5.73 Å². The molecule has 2 rings (SSSR count). The maximum absolute atomic E-state index is 5.58. The van der Waals surface area contributed by atoms with Crippen molar-refractivity contribution in [2.75, 3.05) is 6.54 Å². The molecular formula is C10H13BrClN. The molecule has 1 saturated carbocycles. The zero-order chi connectivity index (χ0) is 8.55. The molecule has 1 nitrogen and oxygen atoms in total. The molecule has 0 bridgehead atoms. The molecule has 0 saturated heterocycles. The third-order valence-electron chi connectivity index (χ3n) is 2.52. The highest BCUT2D eigenvalue weighted by Crippen LogP contribution is 2.46. The van der Waals surface area contributed by atoms with Gasteiger partial charge >= 0.3 is 0 Å². The van der Waals surface area contributed by atoms with Gasteiger partial charge in [0.1, 0.15) is 0 Å². The first kappa shape index (κ1) is 11.0. The van der Waals surface area contributed by atoms with Gasteiger partial charge in [-0.3, -0.25) is 0 Å². The van der Waals surface area contributed by atoms with Gasteiger partial charge in [0.05, 0.1) is 0 Å². The second-order valence-corrected chi connectivity index (χ2v) is 4.31. The molecule has 1 aliphatic rings. The third-order valence-corrected chi connectivity index (χ3v) is 3.05. The third kappa shape index (κ3) is 2.46. The van der Waals surface area contributed by atoms with Crippen molar-refractivity contribution in [3.8, 4) is 0 Å². The number of nitrogens with two attached hydrogens (primary N) is 1. The van der Waals surface area contributed by atoms with Crippen molar-refractivity contribution in [1.82, 2.24) is 0 Å². The van der Waals surface area contributed by atoms with E-state index in [9.17, 15) is 0 Å². The first-order chi connectivity index (χ1) is 5.81. The fourth-order valence-electron chi connectivity index (χ4n) is 1.63. The maximum atomic E-state index is 5.58. The van der Waals surface area contributed by atoms with Crippen LogP contribution >= 0.6 is 28.3 Å². The van der Waals surface area contributed by atoms with E-state index in [0.717, 1.165) is 22.9 Å². The molecule has 2 atom stereocenters. The Hall–Kier alpha value is -0.0500. The lowest BCUT2D eigenvalue weighted by molar-refractivity contribution is 0.809. The number of hydrogen-bond acceptors (Lipinski definition) is 1. The summed E-state index contributed by atoms with van der Waals surface area (Å²) in [7, 11) is 0. The van der Waals surface area contributed by atoms with Crippen LogP contribution in [0.4, 0.5) is 0 Å². The normalized spacial score (nSPS) is 25.1. The minimum atomic E-state index is 0. The summed E-state index contributed by atoms with van der Waals surface area (Å²) in [6.45, 7) is 0.834. The van der Waals surface area contributed by atoms with E-state index in [1.54, 1.807) is 0 Å². The Kier molecular flexibility index (Phi) is 3.77. The van der Waals surface area contributed by atoms with Crippen molar-refractivity contribution in [1.29, 1.82) is 0 Å². The molecule has 72 valence electrons. The number of benzene rings is 1. The summed E-state index contributed by atoms with van der Waals surface area (Å²) in [6, 6.07) is 8.57. The van der Waals surface area contributed by atoms with Gasteiger partial charge in [0.15, 0.2) is 0 Å². The monoisotopic (exact) mass is 261 g/mol. The molecule has 0 spiro atoms. The lowest BCUT2D eigenvalue weighted by Gasteiger charge is -1.98. The van der Waals surface area contributed by atoms with Gasteiger partial charge in [-0.25, -0.2) is 0 Å². The van der Waals surface area contributed by atoms with Crippen LogP contribution in [0.1, 0.15) is 17.9 Å². The molecule has 0 heterocycles. The van der Waals surface area contributed by atoms with Crippen LogP contribution in [0.2, 0.25) is 0 Å². The first-order valence-corrected chi connectivity index (χ1v) is 5.06. The van der Waals surface area contributed by atoms with E-state index in [-0.39, 0.29) is 12.4 Å². The highest BCUT2D eigenvalue weighted by atomic mass is 79.9. The SMILES string of the molecule is Cl.NC[C@H]1C[C@@H]1c1ccc(Br)cc1. The van der Waals surface area contributed by atoms with E-state index >= 15 is 0 Å². The Morgan fingerprint density at radius 2 is 1.92 bits per heavy atom. The molecule has 1 fully saturated rings. The summed E-state index contributed by atoms with van der Waals surface area (Å²) < 4.78 is 1.15. The van der Waals surface area contributed by atoms with Crippen LogP contribution in [0.25, 0.3) is 0 Å². The molecule has 13 heavy (non-hydrogen) atoms. The van der Waals surface area contributed by atoms with Crippen molar-refractivity contribution < 1.29 is 0 Å². The average molecular weight is 263 g/mol. The molecule has 0 radical (unpaired) electrons. The summed E-state index contributed by atoms with van der Waals surface area (Å²) in [6.07, 6.45) is 1.28. The van der Waals surface area contributed by atoms with Crippen LogP contribution in [-0.4, -0.2) is 6.54 Å². The van der Waals surface area contributed by atoms with Gasteiger partial charge in [0.2, 0.25) is 0 Å². The fourth-order valence-corrected chi connectivity index (χ4v) is 1.89. The van der Waals surface area contributed by atoms with E-state index < -0.39 is 0 Å². The van der Waals surface area contributed by atoms with Crippen molar-refractivity contribution in [2.24, 2.45) is 11.7 Å². The Morgan fingerprint density at radius 3 is 2.38 bits per heavy atom. The minimum absolute atomic E-state index is 0. The highest BCUT2D eigenvalue weighted by Gasteiger charge is 2.36. The van der Waals surface area contributed by atoms with Crippen molar-refractivity contribution in [3.63, 3.8) is 0 Å². The van der Waals surface area contributed by atoms with E-state index in [1.807, 2.05) is 0 Å². The van der Waals surface area contributed by atoms with Crippen molar-refractivity contribution in [2.45, 2.75) is 12.3 Å². The standard InChI is InChI=1S/C10H12BrN.ClH/c11-9-3-1-7(2-4-9)10-5-8(10)6-12;/h1-4,8,10H,5-6,12H2;1H/t8-,10-;/m1./s1. The van der Waals surface area contributed by atoms with E-state index in [2.05, 4.69) is 40.2 Å². The highest BCUT2D eigenvalue weighted by molar-refractivity contribution is 9.10. The summed E-state index contributed by atoms with van der Waals surface area (Å²) in [5, 5.41) is 0. The molecule has 0 aliphatic heterocycles. The lowest BCUT2D eigenvalue weighted by atomic mass is 10.1. The predicted molar refractivity (Wildman–Crippen MR) is 61.3 cm³/mol. The number of rotatable bonds is 2. The van der Waals surface area contributed by atoms with E-state index in [4.69, 9.17) is 5.73 Å². The Morgan fingerprint density at radius 1 is 1.31 bits per heavy atom. The predicted octanol–water partition coefficient (Wildman–Crippen LogP) is 2.93. The average Bonchev–Trinajstić information content (AvgIpc) is 2.85. The number of halogens is 2. The molecule has 1 aromatic rings. The Labute approximate surface area is 93.2 Å². The van der Waals surface area contributed by atoms with Crippen LogP contribution < -0.4 is 5.73 Å². The van der Waals surface area contributed by atoms with Crippen molar-refractivity contribution >= 4 is 28.3 Å². The van der Waals surface area contributed by atoms with Gasteiger partial charge in [0, 0.05) is 4.47 Å². The summed E-state index contributed by atoms with van der Waals surface area (Å²) in [5.74, 6) is 1.48. The first-order valence-electron chi connectivity index (χ1n) is 4.27. The molecular weight excluding hydrogens is 249 g/mol. The zero-order valence-corrected chi connectivity index (χ0v) is 9.64. The molecule has 0 aromatic heterocycles. The smallest absolute Gasteiger partial charge is 0.0175 e. The molecule has 0 amide bonds. The van der Waals surface area contributed by atoms with Crippen LogP contribution in [0.3, 0.4) is 0 Å². The maximum Gasteiger partial charge on any atom is 0.0175 e. The topological polar surface area (TPSA) is 26.0 Å². The Bertz CT molecular complexity index is 273. The van der Waals surface area contributed by atoms with Gasteiger partial charge in [-0.1, -0.05) is 28.1 Å². The quantitative estimate of drug-likeness (QED) is 0.871. The molecule has 0 unspecified atom stereocenters. The van der Waals surface area contributed by atoms with Gasteiger partial charge in [-0.15, -0.1) is 12.4 Å². The lowest BCUT2D eigenvalue weighted by Crippen LogP contribution is -2.01. The Balaban J connectivity index is 0.000000845. The molecule has 2 N–H and O–H groups in total. The summed E-state index contributed by atoms with van der Waals surface area (Å²) in [4.78, 5) is 0. The van der Waals surface area contributed by atoms with Crippen molar-refractivity contribution in [3.05, 3.63) is 34.3 Å². The van der Waals surface area contributed by atoms with Crippen LogP contribution in [-0.2, 0) is 0 Å². The second kappa shape index (κ2) is 4.45. The van der Waals surface area contributed by atoms with E-state index in [1.165, 1.54) is 12.0 Å². The van der Waals surface area contributed by atoms with Gasteiger partial charge in [0.25, 0.3) is 0 Å². The van der Waals surface area contributed by atoms with Gasteiger partial charge in [-0.05, 0) is 42.5 Å². The van der Waals surface area contributed by atoms with E-state index in [0.29, 0.717) is 0 Å². The molecule has 1 aliphatic carbocycles. The number of hydrogen-bond donors (Lipinski definition) is 1. The van der Waals surface area contributed by atoms with Crippen LogP contribution in [0.15, 0.2) is 28.7 Å². The summed E-state index contributed by atoms with van der Waals surface area (Å²) >= 11 is 3.42. The van der Waals surface area contributed by atoms with Crippen LogP contribution in [0.5, 0.6) is 0 Å². The fraction of sp³-hybridized carbons (Fsp3) is 0.400. The zero-order valence-electron chi connectivity index (χ0n) is 7.24. The summed E-state index contributed by atoms with van der Waals surface area (Å²) in [5.41, 5.74) is 7.02. The second-order valence-electron chi connectivity index (χ2n) is 3.39. The molecule has 3 heteroatoms.